The molecule has 0 fully saturated rings. The second-order valence-electron chi connectivity index (χ2n) is 4.59. The number of hydrogen-bond acceptors (Lipinski definition) is 6. The number of rotatable bonds is 1. The highest BCUT2D eigenvalue weighted by molar-refractivity contribution is 5.72. The topological polar surface area (TPSA) is 78.9 Å². The molecule has 0 amide bonds. The summed E-state index contributed by atoms with van der Waals surface area (Å²) in [5, 5.41) is 0. The van der Waals surface area contributed by atoms with Crippen molar-refractivity contribution in [1.29, 1.82) is 0 Å². The van der Waals surface area contributed by atoms with Crippen molar-refractivity contribution in [3.05, 3.63) is 35.9 Å². The molecule has 6 nitrogen and oxygen atoms in total. The molecule has 0 aliphatic heterocycles. The van der Waals surface area contributed by atoms with Gasteiger partial charge in [0, 0.05) is 28.1 Å². The van der Waals surface area contributed by atoms with E-state index in [9.17, 15) is 14.4 Å². The van der Waals surface area contributed by atoms with Crippen molar-refractivity contribution < 1.29 is 28.6 Å². The van der Waals surface area contributed by atoms with E-state index in [0.717, 1.165) is 0 Å². The van der Waals surface area contributed by atoms with Gasteiger partial charge >= 0.3 is 11.9 Å². The first kappa shape index (κ1) is 39.7. The van der Waals surface area contributed by atoms with Crippen LogP contribution in [-0.2, 0) is 28.6 Å². The minimum absolute atomic E-state index is 0. The molecule has 0 bridgehead atoms. The van der Waals surface area contributed by atoms with Gasteiger partial charge in [-0.25, -0.2) is 0 Å². The molecule has 0 atom stereocenters. The number of ether oxygens (including phenoxy) is 3. The highest BCUT2D eigenvalue weighted by atomic mass is 16.5. The van der Waals surface area contributed by atoms with E-state index in [1.54, 1.807) is 21.1 Å². The molecule has 0 N–H and O–H groups in total. The number of carbonyl (C=O) groups excluding carboxylic acids is 3. The number of ketones is 1. The molecular formula is C21H42O6. The molecule has 1 rings (SSSR count). The Morgan fingerprint density at radius 2 is 1.11 bits per heavy atom. The lowest BCUT2D eigenvalue weighted by molar-refractivity contribution is -0.140. The van der Waals surface area contributed by atoms with Crippen LogP contribution < -0.4 is 0 Å². The van der Waals surface area contributed by atoms with E-state index in [1.165, 1.54) is 40.4 Å². The molecule has 0 radical (unpaired) electrons. The normalized spacial score (nSPS) is 6.85. The molecule has 6 heteroatoms. The Morgan fingerprint density at radius 3 is 1.19 bits per heavy atom. The molecule has 0 spiro atoms. The minimum Gasteiger partial charge on any atom is -0.469 e. The average molecular weight is 391 g/mol. The maximum absolute atomic E-state index is 9.82. The Bertz CT molecular complexity index is 412. The van der Waals surface area contributed by atoms with Crippen LogP contribution in [0.3, 0.4) is 0 Å². The van der Waals surface area contributed by atoms with E-state index >= 15 is 0 Å². The highest BCUT2D eigenvalue weighted by Crippen LogP contribution is 1.92. The van der Waals surface area contributed by atoms with E-state index in [0.29, 0.717) is 6.61 Å². The van der Waals surface area contributed by atoms with Crippen LogP contribution in [0.25, 0.3) is 0 Å². The fraction of sp³-hybridized carbons (Fsp3) is 0.571. The molecule has 0 aliphatic carbocycles. The number of methoxy groups -OCH3 is 2. The minimum atomic E-state index is -0.245. The smallest absolute Gasteiger partial charge is 0.302 e. The zero-order valence-electron chi connectivity index (χ0n) is 17.0. The van der Waals surface area contributed by atoms with Crippen LogP contribution in [0, 0.1) is 6.92 Å². The summed E-state index contributed by atoms with van der Waals surface area (Å²) in [4.78, 5) is 28.9. The Balaban J connectivity index is -0.0000000516. The lowest BCUT2D eigenvalue weighted by Gasteiger charge is -1.89. The summed E-state index contributed by atoms with van der Waals surface area (Å²) in [5.74, 6) is -0.289. The second kappa shape index (κ2) is 35.0. The van der Waals surface area contributed by atoms with Gasteiger partial charge in [0.15, 0.2) is 0 Å². The van der Waals surface area contributed by atoms with Crippen molar-refractivity contribution in [1.82, 2.24) is 0 Å². The SMILES string of the molecule is C.C.CC(C)=O.CCOC(C)=O.COC.COC(C)=O.Cc1ccccc1. The van der Waals surface area contributed by atoms with Crippen LogP contribution in [0.4, 0.5) is 0 Å². The fourth-order valence-corrected chi connectivity index (χ4v) is 0.738. The van der Waals surface area contributed by atoms with Gasteiger partial charge in [-0.15, -0.1) is 0 Å². The molecule has 1 aromatic carbocycles. The Kier molecular flexibility index (Phi) is 51.5. The molecule has 0 heterocycles. The lowest BCUT2D eigenvalue weighted by Crippen LogP contribution is -1.95. The largest absolute Gasteiger partial charge is 0.469 e. The van der Waals surface area contributed by atoms with Crippen LogP contribution in [0.15, 0.2) is 30.3 Å². The molecule has 1 aromatic rings. The monoisotopic (exact) mass is 390 g/mol. The lowest BCUT2D eigenvalue weighted by atomic mass is 10.2. The van der Waals surface area contributed by atoms with Gasteiger partial charge in [-0.2, -0.15) is 0 Å². The third-order valence-electron chi connectivity index (χ3n) is 1.58. The van der Waals surface area contributed by atoms with E-state index in [1.807, 2.05) is 18.2 Å². The summed E-state index contributed by atoms with van der Waals surface area (Å²) in [6.45, 7) is 10.2. The van der Waals surface area contributed by atoms with Crippen molar-refractivity contribution in [3.63, 3.8) is 0 Å². The quantitative estimate of drug-likeness (QED) is 0.636. The van der Waals surface area contributed by atoms with Crippen LogP contribution in [0.1, 0.15) is 55.0 Å². The van der Waals surface area contributed by atoms with Crippen molar-refractivity contribution >= 4 is 17.7 Å². The molecular weight excluding hydrogens is 348 g/mol. The average Bonchev–Trinajstić information content (AvgIpc) is 2.49. The number of Topliss-reactive ketones (excluding diaryl/α,β-unsaturated/α-hetero) is 1. The maximum Gasteiger partial charge on any atom is 0.302 e. The molecule has 0 aliphatic rings. The van der Waals surface area contributed by atoms with Gasteiger partial charge in [0.25, 0.3) is 0 Å². The number of carbonyl (C=O) groups is 3. The first-order valence-electron chi connectivity index (χ1n) is 7.65. The fourth-order valence-electron chi connectivity index (χ4n) is 0.738. The van der Waals surface area contributed by atoms with Gasteiger partial charge in [-0.3, -0.25) is 9.59 Å². The first-order chi connectivity index (χ1) is 11.6. The van der Waals surface area contributed by atoms with Gasteiger partial charge in [-0.05, 0) is 27.7 Å². The van der Waals surface area contributed by atoms with Crippen LogP contribution in [0.5, 0.6) is 0 Å². The summed E-state index contributed by atoms with van der Waals surface area (Å²) >= 11 is 0. The summed E-state index contributed by atoms with van der Waals surface area (Å²) in [7, 11) is 4.60. The van der Waals surface area contributed by atoms with E-state index in [2.05, 4.69) is 33.3 Å². The molecule has 0 saturated heterocycles. The summed E-state index contributed by atoms with van der Waals surface area (Å²) in [5.41, 5.74) is 1.32. The van der Waals surface area contributed by atoms with Crippen molar-refractivity contribution in [2.24, 2.45) is 0 Å². The zero-order chi connectivity index (χ0) is 20.7. The van der Waals surface area contributed by atoms with Gasteiger partial charge in [0.1, 0.15) is 5.78 Å². The summed E-state index contributed by atoms with van der Waals surface area (Å²) < 4.78 is 12.8. The Morgan fingerprint density at radius 1 is 0.815 bits per heavy atom. The Labute approximate surface area is 167 Å². The standard InChI is InChI=1S/C7H8.C4H8O2.C3H6O2.C3H6O.C2H6O.2CH4/c1-7-5-3-2-4-6-7;1-3-6-4(2)5;1-3(4)5-2;1-3(2)4;1-3-2;;/h2-6H,1H3;3H2,1-2H3;1-2H3;1-2H3;1-2H3;2*1H4. The molecule has 27 heavy (non-hydrogen) atoms. The Hall–Kier alpha value is -2.21. The van der Waals surface area contributed by atoms with Crippen LogP contribution >= 0.6 is 0 Å². The third kappa shape index (κ3) is 97.0. The van der Waals surface area contributed by atoms with Gasteiger partial charge in [0.05, 0.1) is 13.7 Å². The molecule has 0 saturated carbocycles. The summed E-state index contributed by atoms with van der Waals surface area (Å²) in [6.07, 6.45) is 0. The van der Waals surface area contributed by atoms with E-state index in [4.69, 9.17) is 0 Å². The van der Waals surface area contributed by atoms with Crippen molar-refractivity contribution in [2.45, 2.75) is 56.4 Å². The van der Waals surface area contributed by atoms with Crippen LogP contribution in [-0.4, -0.2) is 45.7 Å². The maximum atomic E-state index is 9.82. The predicted octanol–water partition coefficient (Wildman–Crippen LogP) is 4.87. The zero-order valence-corrected chi connectivity index (χ0v) is 17.0. The van der Waals surface area contributed by atoms with E-state index in [-0.39, 0.29) is 32.6 Å². The number of hydrogen-bond donors (Lipinski definition) is 0. The van der Waals surface area contributed by atoms with Gasteiger partial charge < -0.3 is 19.0 Å². The van der Waals surface area contributed by atoms with Crippen molar-refractivity contribution in [2.75, 3.05) is 27.9 Å². The number of esters is 2. The van der Waals surface area contributed by atoms with Gasteiger partial charge in [-0.1, -0.05) is 50.7 Å². The third-order valence-corrected chi connectivity index (χ3v) is 1.58. The van der Waals surface area contributed by atoms with Crippen LogP contribution in [0.2, 0.25) is 0 Å². The number of benzene rings is 1. The highest BCUT2D eigenvalue weighted by Gasteiger charge is 1.81. The molecule has 162 valence electrons. The number of aryl methyl sites for hydroxylation is 1. The van der Waals surface area contributed by atoms with Gasteiger partial charge in [0.2, 0.25) is 0 Å². The van der Waals surface area contributed by atoms with Crippen molar-refractivity contribution in [3.8, 4) is 0 Å². The molecule has 0 unspecified atom stereocenters. The molecule has 0 aromatic heterocycles. The predicted molar refractivity (Wildman–Crippen MR) is 114 cm³/mol. The summed E-state index contributed by atoms with van der Waals surface area (Å²) in [6, 6.07) is 10.3. The first-order valence-corrected chi connectivity index (χ1v) is 7.65. The second-order valence-corrected chi connectivity index (χ2v) is 4.59. The van der Waals surface area contributed by atoms with E-state index < -0.39 is 0 Å².